The third kappa shape index (κ3) is 2.43. The molecule has 1 aromatic carbocycles. The van der Waals surface area contributed by atoms with Gasteiger partial charge in [0, 0.05) is 16.6 Å². The Morgan fingerprint density at radius 2 is 2.31 bits per heavy atom. The van der Waals surface area contributed by atoms with E-state index in [-0.39, 0.29) is 12.2 Å². The van der Waals surface area contributed by atoms with Crippen LogP contribution in [-0.4, -0.2) is 16.1 Å². The topological polar surface area (TPSA) is 50.2 Å². The molecule has 0 saturated carbocycles. The van der Waals surface area contributed by atoms with Crippen LogP contribution in [0.1, 0.15) is 4.88 Å². The molecule has 0 amide bonds. The Labute approximate surface area is 95.2 Å². The second kappa shape index (κ2) is 4.40. The van der Waals surface area contributed by atoms with E-state index in [4.69, 9.17) is 5.11 Å². The summed E-state index contributed by atoms with van der Waals surface area (Å²) in [7, 11) is 0. The fourth-order valence-corrected chi connectivity index (χ4v) is 2.19. The first-order chi connectivity index (χ1) is 7.65. The monoisotopic (exact) mass is 237 g/mol. The minimum atomic E-state index is -0.894. The van der Waals surface area contributed by atoms with Gasteiger partial charge in [0.2, 0.25) is 0 Å². The van der Waals surface area contributed by atoms with Crippen LogP contribution >= 0.6 is 11.3 Å². The van der Waals surface area contributed by atoms with E-state index in [0.717, 1.165) is 0 Å². The van der Waals surface area contributed by atoms with Crippen molar-refractivity contribution in [2.45, 2.75) is 6.42 Å². The average Bonchev–Trinajstić information content (AvgIpc) is 2.65. The lowest BCUT2D eigenvalue weighted by Crippen LogP contribution is -1.97. The lowest BCUT2D eigenvalue weighted by Gasteiger charge is -1.94. The van der Waals surface area contributed by atoms with Crippen molar-refractivity contribution in [2.75, 3.05) is 0 Å². The first-order valence-electron chi connectivity index (χ1n) is 4.57. The number of hydrogen-bond acceptors (Lipinski definition) is 3. The summed E-state index contributed by atoms with van der Waals surface area (Å²) >= 11 is 1.26. The molecule has 0 aliphatic heterocycles. The lowest BCUT2D eigenvalue weighted by atomic mass is 10.2. The number of benzene rings is 1. The number of hydrogen-bond donors (Lipinski definition) is 1. The molecular formula is C11H8FNO2S. The Hall–Kier alpha value is -1.75. The molecule has 0 fully saturated rings. The molecule has 1 aromatic heterocycles. The van der Waals surface area contributed by atoms with Gasteiger partial charge in [-0.05, 0) is 12.1 Å². The zero-order valence-electron chi connectivity index (χ0n) is 8.18. The molecule has 2 rings (SSSR count). The Bertz CT molecular complexity index is 524. The van der Waals surface area contributed by atoms with E-state index in [9.17, 15) is 9.18 Å². The fraction of sp³-hybridized carbons (Fsp3) is 0.0909. The molecule has 0 radical (unpaired) electrons. The van der Waals surface area contributed by atoms with Gasteiger partial charge in [0.15, 0.2) is 0 Å². The molecule has 3 nitrogen and oxygen atoms in total. The summed E-state index contributed by atoms with van der Waals surface area (Å²) in [5.74, 6) is -1.22. The second-order valence-corrected chi connectivity index (χ2v) is 4.33. The van der Waals surface area contributed by atoms with Gasteiger partial charge in [-0.15, -0.1) is 11.3 Å². The molecule has 0 aliphatic rings. The van der Waals surface area contributed by atoms with Gasteiger partial charge in [0.1, 0.15) is 10.8 Å². The second-order valence-electron chi connectivity index (χ2n) is 3.21. The van der Waals surface area contributed by atoms with Crippen molar-refractivity contribution in [3.05, 3.63) is 41.2 Å². The summed E-state index contributed by atoms with van der Waals surface area (Å²) in [6, 6.07) is 6.08. The number of halogens is 1. The Balaban J connectivity index is 2.28. The molecule has 2 aromatic rings. The third-order valence-corrected chi connectivity index (χ3v) is 3.00. The molecule has 1 N–H and O–H groups in total. The quantitative estimate of drug-likeness (QED) is 0.892. The highest BCUT2D eigenvalue weighted by atomic mass is 32.1. The maximum atomic E-state index is 13.0. The zero-order valence-corrected chi connectivity index (χ0v) is 9.00. The number of aromatic nitrogens is 1. The van der Waals surface area contributed by atoms with Crippen LogP contribution in [0.2, 0.25) is 0 Å². The van der Waals surface area contributed by atoms with Crippen molar-refractivity contribution in [3.8, 4) is 10.6 Å². The van der Waals surface area contributed by atoms with Crippen molar-refractivity contribution in [2.24, 2.45) is 0 Å². The molecule has 0 saturated heterocycles. The number of nitrogens with zero attached hydrogens (tertiary/aromatic N) is 1. The predicted octanol–water partition coefficient (Wildman–Crippen LogP) is 2.58. The highest BCUT2D eigenvalue weighted by Crippen LogP contribution is 2.25. The van der Waals surface area contributed by atoms with Crippen LogP contribution in [0.3, 0.4) is 0 Å². The molecule has 82 valence electrons. The minimum Gasteiger partial charge on any atom is -0.481 e. The number of thiazole rings is 1. The molecule has 0 spiro atoms. The fourth-order valence-electron chi connectivity index (χ4n) is 1.29. The summed E-state index contributed by atoms with van der Waals surface area (Å²) in [5.41, 5.74) is 0.668. The van der Waals surface area contributed by atoms with Gasteiger partial charge in [-0.25, -0.2) is 9.37 Å². The Morgan fingerprint density at radius 3 is 3.00 bits per heavy atom. The van der Waals surface area contributed by atoms with Gasteiger partial charge >= 0.3 is 5.97 Å². The van der Waals surface area contributed by atoms with Crippen LogP contribution in [0.5, 0.6) is 0 Å². The normalized spacial score (nSPS) is 10.3. The molecule has 16 heavy (non-hydrogen) atoms. The van der Waals surface area contributed by atoms with Crippen LogP contribution in [-0.2, 0) is 11.2 Å². The van der Waals surface area contributed by atoms with Crippen LogP contribution in [0.15, 0.2) is 30.5 Å². The highest BCUT2D eigenvalue weighted by Gasteiger charge is 2.08. The standard InChI is InChI=1S/C11H8FNO2S/c12-8-3-1-2-7(4-8)11-13-6-9(16-11)5-10(14)15/h1-4,6H,5H2,(H,14,15). The highest BCUT2D eigenvalue weighted by molar-refractivity contribution is 7.15. The van der Waals surface area contributed by atoms with Gasteiger partial charge in [0.25, 0.3) is 0 Å². The van der Waals surface area contributed by atoms with Gasteiger partial charge < -0.3 is 5.11 Å². The number of aliphatic carboxylic acids is 1. The smallest absolute Gasteiger partial charge is 0.308 e. The number of carboxylic acid groups (broad SMARTS) is 1. The van der Waals surface area contributed by atoms with E-state index in [1.807, 2.05) is 0 Å². The predicted molar refractivity (Wildman–Crippen MR) is 58.8 cm³/mol. The van der Waals surface area contributed by atoms with Crippen molar-refractivity contribution < 1.29 is 14.3 Å². The summed E-state index contributed by atoms with van der Waals surface area (Å²) < 4.78 is 13.0. The molecule has 1 heterocycles. The van der Waals surface area contributed by atoms with Crippen LogP contribution in [0.25, 0.3) is 10.6 Å². The van der Waals surface area contributed by atoms with E-state index < -0.39 is 5.97 Å². The number of rotatable bonds is 3. The number of carboxylic acids is 1. The number of carbonyl (C=O) groups is 1. The summed E-state index contributed by atoms with van der Waals surface area (Å²) in [6.07, 6.45) is 1.46. The molecule has 0 bridgehead atoms. The largest absolute Gasteiger partial charge is 0.481 e. The Morgan fingerprint density at radius 1 is 1.50 bits per heavy atom. The minimum absolute atomic E-state index is 0.0486. The van der Waals surface area contributed by atoms with E-state index in [1.165, 1.54) is 29.7 Å². The van der Waals surface area contributed by atoms with Gasteiger partial charge in [-0.1, -0.05) is 12.1 Å². The summed E-state index contributed by atoms with van der Waals surface area (Å²) in [6.45, 7) is 0. The van der Waals surface area contributed by atoms with Crippen molar-refractivity contribution in [3.63, 3.8) is 0 Å². The van der Waals surface area contributed by atoms with Crippen LogP contribution in [0, 0.1) is 5.82 Å². The SMILES string of the molecule is O=C(O)Cc1cnc(-c2cccc(F)c2)s1. The van der Waals surface area contributed by atoms with Gasteiger partial charge in [-0.3, -0.25) is 4.79 Å². The maximum absolute atomic E-state index is 13.0. The van der Waals surface area contributed by atoms with Gasteiger partial charge in [0.05, 0.1) is 6.42 Å². The van der Waals surface area contributed by atoms with Crippen molar-refractivity contribution in [1.29, 1.82) is 0 Å². The molecule has 0 unspecified atom stereocenters. The first-order valence-corrected chi connectivity index (χ1v) is 5.39. The Kier molecular flexibility index (Phi) is 2.96. The molecular weight excluding hydrogens is 229 g/mol. The lowest BCUT2D eigenvalue weighted by molar-refractivity contribution is -0.136. The molecule has 5 heteroatoms. The van der Waals surface area contributed by atoms with E-state index in [0.29, 0.717) is 15.4 Å². The maximum Gasteiger partial charge on any atom is 0.308 e. The zero-order chi connectivity index (χ0) is 11.5. The van der Waals surface area contributed by atoms with Crippen LogP contribution < -0.4 is 0 Å². The van der Waals surface area contributed by atoms with E-state index in [1.54, 1.807) is 12.1 Å². The summed E-state index contributed by atoms with van der Waals surface area (Å²) in [4.78, 5) is 15.2. The third-order valence-electron chi connectivity index (χ3n) is 1.95. The summed E-state index contributed by atoms with van der Waals surface area (Å²) in [5, 5.41) is 9.24. The van der Waals surface area contributed by atoms with Crippen molar-refractivity contribution in [1.82, 2.24) is 4.98 Å². The van der Waals surface area contributed by atoms with Crippen LogP contribution in [0.4, 0.5) is 4.39 Å². The molecule has 0 atom stereocenters. The average molecular weight is 237 g/mol. The van der Waals surface area contributed by atoms with Crippen molar-refractivity contribution >= 4 is 17.3 Å². The first kappa shape index (κ1) is 10.8. The van der Waals surface area contributed by atoms with Gasteiger partial charge in [-0.2, -0.15) is 0 Å². The molecule has 0 aliphatic carbocycles. The van der Waals surface area contributed by atoms with E-state index >= 15 is 0 Å². The van der Waals surface area contributed by atoms with E-state index in [2.05, 4.69) is 4.98 Å².